The van der Waals surface area contributed by atoms with Crippen LogP contribution in [-0.4, -0.2) is 39.5 Å². The molecule has 23 heavy (non-hydrogen) atoms. The van der Waals surface area contributed by atoms with E-state index in [1.165, 1.54) is 0 Å². The van der Waals surface area contributed by atoms with Crippen LogP contribution in [0.5, 0.6) is 0 Å². The molecule has 1 heterocycles. The fourth-order valence-corrected chi connectivity index (χ4v) is 2.54. The molecule has 1 atom stereocenters. The first-order valence-corrected chi connectivity index (χ1v) is 8.69. The van der Waals surface area contributed by atoms with Crippen molar-refractivity contribution in [1.82, 2.24) is 14.9 Å². The molecular weight excluding hydrogens is 310 g/mol. The summed E-state index contributed by atoms with van der Waals surface area (Å²) in [6, 6.07) is 7.32. The van der Waals surface area contributed by atoms with Crippen molar-refractivity contribution in [3.05, 3.63) is 42.2 Å². The Bertz CT molecular complexity index is 659. The molecule has 1 aromatic heterocycles. The highest BCUT2D eigenvalue weighted by Gasteiger charge is 2.22. The molecule has 1 unspecified atom stereocenters. The standard InChI is InChI=1S/C17H23N3O2S/c1-17(2,3)14(21)11-19-15(22)12-5-7-13(8-6-12)20-10-9-18-16(20)23-4/h5-10,14,21H,11H2,1-4H3,(H,19,22). The predicted molar refractivity (Wildman–Crippen MR) is 93.1 cm³/mol. The third-order valence-electron chi connectivity index (χ3n) is 3.65. The largest absolute Gasteiger partial charge is 0.391 e. The summed E-state index contributed by atoms with van der Waals surface area (Å²) in [5.74, 6) is -0.185. The summed E-state index contributed by atoms with van der Waals surface area (Å²) in [7, 11) is 0. The number of nitrogens with zero attached hydrogens (tertiary/aromatic N) is 2. The quantitative estimate of drug-likeness (QED) is 0.826. The summed E-state index contributed by atoms with van der Waals surface area (Å²) in [5.41, 5.74) is 1.27. The van der Waals surface area contributed by atoms with E-state index in [1.807, 2.05) is 49.9 Å². The normalized spacial score (nSPS) is 12.9. The number of amides is 1. The maximum Gasteiger partial charge on any atom is 0.251 e. The Kier molecular flexibility index (Phi) is 5.49. The molecule has 5 nitrogen and oxygen atoms in total. The molecule has 1 aromatic carbocycles. The molecule has 0 saturated heterocycles. The minimum atomic E-state index is -0.583. The first-order chi connectivity index (χ1) is 10.8. The van der Waals surface area contributed by atoms with E-state index < -0.39 is 6.10 Å². The minimum absolute atomic E-state index is 0.185. The number of carbonyl (C=O) groups excluding carboxylic acids is 1. The number of aliphatic hydroxyl groups is 1. The van der Waals surface area contributed by atoms with Gasteiger partial charge in [0.25, 0.3) is 5.91 Å². The number of hydrogen-bond donors (Lipinski definition) is 2. The molecule has 0 spiro atoms. The number of nitrogens with one attached hydrogen (secondary N) is 1. The molecule has 0 aliphatic carbocycles. The number of aromatic nitrogens is 2. The second-order valence-corrected chi connectivity index (χ2v) is 7.20. The molecular formula is C17H23N3O2S. The van der Waals surface area contributed by atoms with Crippen molar-refractivity contribution in [1.29, 1.82) is 0 Å². The third-order valence-corrected chi connectivity index (χ3v) is 4.32. The summed E-state index contributed by atoms with van der Waals surface area (Å²) in [6.07, 6.45) is 5.03. The number of hydrogen-bond acceptors (Lipinski definition) is 4. The molecule has 1 amide bonds. The Morgan fingerprint density at radius 2 is 2.00 bits per heavy atom. The number of rotatable bonds is 5. The molecule has 2 aromatic rings. The molecule has 0 aliphatic rings. The van der Waals surface area contributed by atoms with Crippen molar-refractivity contribution in [3.63, 3.8) is 0 Å². The highest BCUT2D eigenvalue weighted by molar-refractivity contribution is 7.98. The molecule has 124 valence electrons. The summed E-state index contributed by atoms with van der Waals surface area (Å²) in [6.45, 7) is 6.05. The Balaban J connectivity index is 2.03. The van der Waals surface area contributed by atoms with Gasteiger partial charge in [-0.15, -0.1) is 0 Å². The lowest BCUT2D eigenvalue weighted by molar-refractivity contribution is 0.0587. The van der Waals surface area contributed by atoms with Gasteiger partial charge >= 0.3 is 0 Å². The maximum absolute atomic E-state index is 12.2. The van der Waals surface area contributed by atoms with Crippen LogP contribution < -0.4 is 5.32 Å². The predicted octanol–water partition coefficient (Wildman–Crippen LogP) is 2.73. The zero-order chi connectivity index (χ0) is 17.0. The number of aliphatic hydroxyl groups excluding tert-OH is 1. The van der Waals surface area contributed by atoms with Crippen LogP contribution in [0.2, 0.25) is 0 Å². The minimum Gasteiger partial charge on any atom is -0.391 e. The average Bonchev–Trinajstić information content (AvgIpc) is 3.00. The second-order valence-electron chi connectivity index (χ2n) is 6.42. The van der Waals surface area contributed by atoms with Gasteiger partial charge in [0, 0.05) is 30.2 Å². The molecule has 0 bridgehead atoms. The molecule has 2 rings (SSSR count). The maximum atomic E-state index is 12.2. The average molecular weight is 333 g/mol. The Morgan fingerprint density at radius 3 is 2.57 bits per heavy atom. The van der Waals surface area contributed by atoms with Crippen LogP contribution in [0.15, 0.2) is 41.8 Å². The van der Waals surface area contributed by atoms with E-state index in [-0.39, 0.29) is 17.9 Å². The van der Waals surface area contributed by atoms with E-state index in [0.717, 1.165) is 10.8 Å². The molecule has 2 N–H and O–H groups in total. The smallest absolute Gasteiger partial charge is 0.251 e. The van der Waals surface area contributed by atoms with E-state index in [4.69, 9.17) is 0 Å². The summed E-state index contributed by atoms with van der Waals surface area (Å²) in [4.78, 5) is 16.4. The zero-order valence-corrected chi connectivity index (χ0v) is 14.7. The number of thioether (sulfide) groups is 1. The fraction of sp³-hybridized carbons (Fsp3) is 0.412. The van der Waals surface area contributed by atoms with Gasteiger partial charge in [-0.25, -0.2) is 4.98 Å². The molecule has 0 saturated carbocycles. The van der Waals surface area contributed by atoms with Gasteiger partial charge in [0.15, 0.2) is 5.16 Å². The van der Waals surface area contributed by atoms with Crippen LogP contribution in [0, 0.1) is 5.41 Å². The van der Waals surface area contributed by atoms with Crippen molar-refractivity contribution in [2.75, 3.05) is 12.8 Å². The Labute approximate surface area is 141 Å². The fourth-order valence-electron chi connectivity index (χ4n) is 2.01. The van der Waals surface area contributed by atoms with Gasteiger partial charge in [0.05, 0.1) is 6.10 Å². The monoisotopic (exact) mass is 333 g/mol. The summed E-state index contributed by atoms with van der Waals surface area (Å²) >= 11 is 1.57. The van der Waals surface area contributed by atoms with E-state index >= 15 is 0 Å². The van der Waals surface area contributed by atoms with Crippen LogP contribution in [0.1, 0.15) is 31.1 Å². The van der Waals surface area contributed by atoms with Gasteiger partial charge in [-0.3, -0.25) is 9.36 Å². The van der Waals surface area contributed by atoms with Gasteiger partial charge < -0.3 is 10.4 Å². The van der Waals surface area contributed by atoms with Gasteiger partial charge in [0.1, 0.15) is 0 Å². The first kappa shape index (κ1) is 17.6. The number of benzene rings is 1. The summed E-state index contributed by atoms with van der Waals surface area (Å²) < 4.78 is 1.97. The van der Waals surface area contributed by atoms with E-state index in [0.29, 0.717) is 5.56 Å². The second kappa shape index (κ2) is 7.19. The van der Waals surface area contributed by atoms with Gasteiger partial charge in [-0.1, -0.05) is 32.5 Å². The van der Waals surface area contributed by atoms with E-state index in [9.17, 15) is 9.90 Å². The Hall–Kier alpha value is -1.79. The van der Waals surface area contributed by atoms with Crippen LogP contribution in [0.3, 0.4) is 0 Å². The van der Waals surface area contributed by atoms with Gasteiger partial charge in [0.2, 0.25) is 0 Å². The topological polar surface area (TPSA) is 67.2 Å². The van der Waals surface area contributed by atoms with Crippen molar-refractivity contribution < 1.29 is 9.90 Å². The SMILES string of the molecule is CSc1nccn1-c1ccc(C(=O)NCC(O)C(C)(C)C)cc1. The lowest BCUT2D eigenvalue weighted by Crippen LogP contribution is -2.39. The highest BCUT2D eigenvalue weighted by Crippen LogP contribution is 2.19. The van der Waals surface area contributed by atoms with Crippen molar-refractivity contribution in [3.8, 4) is 5.69 Å². The summed E-state index contributed by atoms with van der Waals surface area (Å²) in [5, 5.41) is 13.6. The van der Waals surface area contributed by atoms with Crippen LogP contribution in [0.4, 0.5) is 0 Å². The lowest BCUT2D eigenvalue weighted by Gasteiger charge is -2.25. The van der Waals surface area contributed by atoms with Crippen LogP contribution in [-0.2, 0) is 0 Å². The lowest BCUT2D eigenvalue weighted by atomic mass is 9.89. The first-order valence-electron chi connectivity index (χ1n) is 7.47. The van der Waals surface area contributed by atoms with Gasteiger partial charge in [-0.2, -0.15) is 0 Å². The third kappa shape index (κ3) is 4.36. The molecule has 0 radical (unpaired) electrons. The van der Waals surface area contributed by atoms with Gasteiger partial charge in [-0.05, 0) is 35.9 Å². The molecule has 0 fully saturated rings. The Morgan fingerprint density at radius 1 is 1.35 bits per heavy atom. The van der Waals surface area contributed by atoms with E-state index in [1.54, 1.807) is 30.1 Å². The van der Waals surface area contributed by atoms with Crippen LogP contribution in [0.25, 0.3) is 5.69 Å². The van der Waals surface area contributed by atoms with Crippen molar-refractivity contribution in [2.24, 2.45) is 5.41 Å². The highest BCUT2D eigenvalue weighted by atomic mass is 32.2. The zero-order valence-electron chi connectivity index (χ0n) is 13.9. The number of imidazole rings is 1. The van der Waals surface area contributed by atoms with Crippen molar-refractivity contribution >= 4 is 17.7 Å². The molecule has 6 heteroatoms. The number of carbonyl (C=O) groups is 1. The van der Waals surface area contributed by atoms with E-state index in [2.05, 4.69) is 10.3 Å². The molecule has 0 aliphatic heterocycles. The van der Waals surface area contributed by atoms with Crippen LogP contribution >= 0.6 is 11.8 Å². The van der Waals surface area contributed by atoms with Crippen molar-refractivity contribution in [2.45, 2.75) is 32.0 Å².